The molecule has 0 saturated heterocycles. The first-order chi connectivity index (χ1) is 11.6. The van der Waals surface area contributed by atoms with Gasteiger partial charge in [0.2, 0.25) is 0 Å². The standard InChI is InChI=1S/C16H20FN3O3S/c1-22-8-6-20(16(21)14-11-24-15(10-18)19-14)7-9-23-13-4-2-12(17)3-5-13/h2-5,11H,6-10,18H2,1H3. The van der Waals surface area contributed by atoms with Gasteiger partial charge in [0.15, 0.2) is 0 Å². The number of aromatic nitrogens is 1. The van der Waals surface area contributed by atoms with Crippen LogP contribution in [-0.4, -0.2) is 49.2 Å². The molecule has 6 nitrogen and oxygen atoms in total. The maximum Gasteiger partial charge on any atom is 0.273 e. The highest BCUT2D eigenvalue weighted by atomic mass is 32.1. The van der Waals surface area contributed by atoms with Gasteiger partial charge in [0.25, 0.3) is 5.91 Å². The Morgan fingerprint density at radius 2 is 2.00 bits per heavy atom. The molecule has 2 rings (SSSR count). The fraction of sp³-hybridized carbons (Fsp3) is 0.375. The number of carbonyl (C=O) groups excluding carboxylic acids is 1. The van der Waals surface area contributed by atoms with Gasteiger partial charge in [-0.15, -0.1) is 11.3 Å². The van der Waals surface area contributed by atoms with Gasteiger partial charge in [-0.1, -0.05) is 0 Å². The number of nitrogens with zero attached hydrogens (tertiary/aromatic N) is 2. The number of hydrogen-bond acceptors (Lipinski definition) is 6. The highest BCUT2D eigenvalue weighted by molar-refractivity contribution is 7.09. The zero-order valence-corrected chi connectivity index (χ0v) is 14.2. The van der Waals surface area contributed by atoms with Crippen LogP contribution in [0.25, 0.3) is 0 Å². The predicted octanol–water partition coefficient (Wildman–Crippen LogP) is 1.91. The lowest BCUT2D eigenvalue weighted by Gasteiger charge is -2.21. The van der Waals surface area contributed by atoms with E-state index in [2.05, 4.69) is 4.98 Å². The van der Waals surface area contributed by atoms with Crippen LogP contribution in [0.15, 0.2) is 29.6 Å². The minimum atomic E-state index is -0.321. The second-order valence-electron chi connectivity index (χ2n) is 4.92. The van der Waals surface area contributed by atoms with Crippen LogP contribution >= 0.6 is 11.3 Å². The van der Waals surface area contributed by atoms with Gasteiger partial charge in [-0.2, -0.15) is 0 Å². The van der Waals surface area contributed by atoms with Gasteiger partial charge in [0.1, 0.15) is 28.9 Å². The number of amides is 1. The van der Waals surface area contributed by atoms with Crippen molar-refractivity contribution in [2.24, 2.45) is 5.73 Å². The van der Waals surface area contributed by atoms with Crippen LogP contribution in [0.4, 0.5) is 4.39 Å². The van der Waals surface area contributed by atoms with Gasteiger partial charge in [-0.25, -0.2) is 9.37 Å². The predicted molar refractivity (Wildman–Crippen MR) is 89.7 cm³/mol. The second kappa shape index (κ2) is 9.31. The van der Waals surface area contributed by atoms with Crippen LogP contribution in [0, 0.1) is 5.82 Å². The molecule has 0 aliphatic carbocycles. The van der Waals surface area contributed by atoms with Crippen molar-refractivity contribution in [3.05, 3.63) is 46.2 Å². The molecule has 1 aromatic heterocycles. The van der Waals surface area contributed by atoms with Crippen molar-refractivity contribution < 1.29 is 18.7 Å². The van der Waals surface area contributed by atoms with Gasteiger partial charge in [-0.05, 0) is 24.3 Å². The molecule has 0 radical (unpaired) electrons. The molecule has 0 spiro atoms. The Labute approximate surface area is 144 Å². The summed E-state index contributed by atoms with van der Waals surface area (Å²) in [7, 11) is 1.58. The van der Waals surface area contributed by atoms with Gasteiger partial charge < -0.3 is 20.1 Å². The molecule has 130 valence electrons. The number of halogens is 1. The molecule has 0 fully saturated rings. The van der Waals surface area contributed by atoms with Crippen molar-refractivity contribution in [1.82, 2.24) is 9.88 Å². The van der Waals surface area contributed by atoms with Crippen molar-refractivity contribution in [2.75, 3.05) is 33.4 Å². The summed E-state index contributed by atoms with van der Waals surface area (Å²) in [6.45, 7) is 1.81. The van der Waals surface area contributed by atoms with E-state index in [0.29, 0.717) is 42.7 Å². The lowest BCUT2D eigenvalue weighted by Crippen LogP contribution is -2.37. The summed E-state index contributed by atoms with van der Waals surface area (Å²) >= 11 is 1.36. The third-order valence-corrected chi connectivity index (χ3v) is 4.11. The van der Waals surface area contributed by atoms with E-state index in [1.165, 1.54) is 23.5 Å². The summed E-state index contributed by atoms with van der Waals surface area (Å²) in [4.78, 5) is 18.4. The minimum absolute atomic E-state index is 0.189. The molecule has 0 atom stereocenters. The van der Waals surface area contributed by atoms with Gasteiger partial charge >= 0.3 is 0 Å². The third kappa shape index (κ3) is 5.26. The Morgan fingerprint density at radius 3 is 2.62 bits per heavy atom. The molecule has 1 amide bonds. The van der Waals surface area contributed by atoms with E-state index in [4.69, 9.17) is 15.2 Å². The van der Waals surface area contributed by atoms with E-state index in [0.717, 1.165) is 0 Å². The fourth-order valence-electron chi connectivity index (χ4n) is 1.99. The summed E-state index contributed by atoms with van der Waals surface area (Å²) in [6.07, 6.45) is 0. The van der Waals surface area contributed by atoms with Crippen molar-refractivity contribution in [2.45, 2.75) is 6.54 Å². The largest absolute Gasteiger partial charge is 0.492 e. The summed E-state index contributed by atoms with van der Waals surface area (Å²) in [6, 6.07) is 5.74. The highest BCUT2D eigenvalue weighted by Gasteiger charge is 2.18. The number of rotatable bonds is 9. The maximum atomic E-state index is 12.9. The molecule has 24 heavy (non-hydrogen) atoms. The molecule has 1 aromatic carbocycles. The Kier molecular flexibility index (Phi) is 7.10. The smallest absolute Gasteiger partial charge is 0.273 e. The van der Waals surface area contributed by atoms with Crippen LogP contribution < -0.4 is 10.5 Å². The molecule has 8 heteroatoms. The molecule has 0 saturated carbocycles. The normalized spacial score (nSPS) is 10.6. The van der Waals surface area contributed by atoms with Crippen LogP contribution in [0.1, 0.15) is 15.5 Å². The minimum Gasteiger partial charge on any atom is -0.492 e. The number of benzene rings is 1. The maximum absolute atomic E-state index is 12.9. The lowest BCUT2D eigenvalue weighted by atomic mass is 10.3. The van der Waals surface area contributed by atoms with Crippen LogP contribution in [-0.2, 0) is 11.3 Å². The number of ether oxygens (including phenoxy) is 2. The summed E-state index contributed by atoms with van der Waals surface area (Å²) < 4.78 is 23.5. The zero-order chi connectivity index (χ0) is 17.4. The Hall–Kier alpha value is -2.03. The van der Waals surface area contributed by atoms with Gasteiger partial charge in [0, 0.05) is 25.6 Å². The summed E-state index contributed by atoms with van der Waals surface area (Å²) in [5, 5.41) is 2.41. The molecule has 1 heterocycles. The molecular weight excluding hydrogens is 333 g/mol. The number of thiazole rings is 1. The molecule has 2 N–H and O–H groups in total. The molecule has 0 aliphatic heterocycles. The first-order valence-corrected chi connectivity index (χ1v) is 8.33. The fourth-order valence-corrected chi connectivity index (χ4v) is 2.63. The average Bonchev–Trinajstić information content (AvgIpc) is 3.08. The first-order valence-electron chi connectivity index (χ1n) is 7.45. The van der Waals surface area contributed by atoms with E-state index in [9.17, 15) is 9.18 Å². The first kappa shape index (κ1) is 18.3. The summed E-state index contributed by atoms with van der Waals surface area (Å²) in [5.74, 6) is 0.0406. The topological polar surface area (TPSA) is 77.7 Å². The van der Waals surface area contributed by atoms with E-state index in [1.54, 1.807) is 29.5 Å². The molecular formula is C16H20FN3O3S. The van der Waals surface area contributed by atoms with Crippen molar-refractivity contribution in [3.8, 4) is 5.75 Å². The average molecular weight is 353 g/mol. The number of hydrogen-bond donors (Lipinski definition) is 1. The number of methoxy groups -OCH3 is 1. The van der Waals surface area contributed by atoms with Gasteiger partial charge in [0.05, 0.1) is 13.2 Å². The molecule has 0 aliphatic rings. The van der Waals surface area contributed by atoms with Gasteiger partial charge in [-0.3, -0.25) is 4.79 Å². The number of nitrogens with two attached hydrogens (primary N) is 1. The number of carbonyl (C=O) groups is 1. The quantitative estimate of drug-likeness (QED) is 0.745. The third-order valence-electron chi connectivity index (χ3n) is 3.24. The van der Waals surface area contributed by atoms with Crippen LogP contribution in [0.5, 0.6) is 5.75 Å². The highest BCUT2D eigenvalue weighted by Crippen LogP contribution is 2.13. The van der Waals surface area contributed by atoms with Crippen LogP contribution in [0.3, 0.4) is 0 Å². The monoisotopic (exact) mass is 353 g/mol. The second-order valence-corrected chi connectivity index (χ2v) is 5.86. The van der Waals surface area contributed by atoms with E-state index < -0.39 is 0 Å². The van der Waals surface area contributed by atoms with E-state index in [1.807, 2.05) is 0 Å². The SMILES string of the molecule is COCCN(CCOc1ccc(F)cc1)C(=O)c1csc(CN)n1. The zero-order valence-electron chi connectivity index (χ0n) is 13.4. The van der Waals surface area contributed by atoms with E-state index in [-0.39, 0.29) is 18.3 Å². The van der Waals surface area contributed by atoms with Crippen LogP contribution in [0.2, 0.25) is 0 Å². The van der Waals surface area contributed by atoms with E-state index >= 15 is 0 Å². The molecule has 2 aromatic rings. The van der Waals surface area contributed by atoms with Crippen molar-refractivity contribution in [3.63, 3.8) is 0 Å². The molecule has 0 unspecified atom stereocenters. The lowest BCUT2D eigenvalue weighted by molar-refractivity contribution is 0.0660. The summed E-state index contributed by atoms with van der Waals surface area (Å²) in [5.41, 5.74) is 5.90. The molecule has 0 bridgehead atoms. The Balaban J connectivity index is 1.94. The van der Waals surface area contributed by atoms with Crippen molar-refractivity contribution >= 4 is 17.2 Å². The van der Waals surface area contributed by atoms with Crippen molar-refractivity contribution in [1.29, 1.82) is 0 Å². The Morgan fingerprint density at radius 1 is 1.29 bits per heavy atom. The Bertz CT molecular complexity index is 648.